The van der Waals surface area contributed by atoms with Crippen LogP contribution in [0.1, 0.15) is 44.1 Å². The van der Waals surface area contributed by atoms with Crippen LogP contribution in [-0.2, 0) is 11.3 Å². The largest absolute Gasteiger partial charge is 0.383 e. The van der Waals surface area contributed by atoms with Gasteiger partial charge in [-0.15, -0.1) is 0 Å². The van der Waals surface area contributed by atoms with Crippen molar-refractivity contribution in [1.29, 1.82) is 0 Å². The predicted molar refractivity (Wildman–Crippen MR) is 109 cm³/mol. The molecule has 0 atom stereocenters. The molecule has 1 aliphatic carbocycles. The van der Waals surface area contributed by atoms with Gasteiger partial charge in [-0.1, -0.05) is 31.4 Å². The minimum Gasteiger partial charge on any atom is -0.383 e. The number of rotatable bonds is 6. The fraction of sp³-hybridized carbons (Fsp3) is 0.667. The topological polar surface area (TPSA) is 48.9 Å². The van der Waals surface area contributed by atoms with Crippen molar-refractivity contribution in [1.82, 2.24) is 10.2 Å². The fourth-order valence-electron chi connectivity index (χ4n) is 4.38. The molecule has 0 radical (unpaired) electrons. The summed E-state index contributed by atoms with van der Waals surface area (Å²) in [5.41, 5.74) is 2.97. The average molecular weight is 359 g/mol. The third-order valence-electron chi connectivity index (χ3n) is 5.90. The van der Waals surface area contributed by atoms with Crippen LogP contribution in [0.4, 0.5) is 5.69 Å². The second kappa shape index (κ2) is 9.26. The molecular weight excluding hydrogens is 324 g/mol. The van der Waals surface area contributed by atoms with E-state index in [1.54, 1.807) is 7.11 Å². The number of hydrogen-bond acceptors (Lipinski definition) is 3. The molecule has 5 heteroatoms. The second-order valence-electron chi connectivity index (χ2n) is 7.75. The summed E-state index contributed by atoms with van der Waals surface area (Å²) in [6.07, 6.45) is 8.37. The van der Waals surface area contributed by atoms with Crippen molar-refractivity contribution in [2.24, 2.45) is 10.4 Å². The number of methoxy groups -OCH3 is 1. The molecule has 1 aliphatic heterocycles. The molecule has 144 valence electrons. The Balaban J connectivity index is 1.48. The van der Waals surface area contributed by atoms with Gasteiger partial charge < -0.3 is 20.3 Å². The zero-order chi connectivity index (χ0) is 18.2. The van der Waals surface area contributed by atoms with E-state index in [0.717, 1.165) is 37.9 Å². The monoisotopic (exact) mass is 358 g/mol. The summed E-state index contributed by atoms with van der Waals surface area (Å²) in [6, 6.07) is 8.59. The Kier molecular flexibility index (Phi) is 6.78. The normalized spacial score (nSPS) is 19.8. The third kappa shape index (κ3) is 4.91. The van der Waals surface area contributed by atoms with Gasteiger partial charge in [-0.3, -0.25) is 4.99 Å². The Hall–Kier alpha value is -1.75. The van der Waals surface area contributed by atoms with Gasteiger partial charge in [0.2, 0.25) is 0 Å². The lowest BCUT2D eigenvalue weighted by atomic mass is 9.73. The van der Waals surface area contributed by atoms with Crippen LogP contribution in [0.5, 0.6) is 0 Å². The molecule has 1 heterocycles. The van der Waals surface area contributed by atoms with Crippen molar-refractivity contribution >= 4 is 11.6 Å². The minimum absolute atomic E-state index is 0.561. The quantitative estimate of drug-likeness (QED) is 0.464. The van der Waals surface area contributed by atoms with Gasteiger partial charge in [-0.2, -0.15) is 0 Å². The Bertz CT molecular complexity index is 578. The number of ether oxygens (including phenoxy) is 1. The van der Waals surface area contributed by atoms with E-state index in [0.29, 0.717) is 5.41 Å². The fourth-order valence-corrected chi connectivity index (χ4v) is 4.38. The molecule has 1 saturated carbocycles. The first-order chi connectivity index (χ1) is 12.7. The standard InChI is InChI=1S/C21H34N4O/c1-22-20(25-14-12-21(17-25)10-4-3-5-11-21)24-16-18-6-8-19(9-7-18)23-13-15-26-2/h6-9,23H,3-5,10-17H2,1-2H3,(H,22,24). The number of hydrogen-bond donors (Lipinski definition) is 2. The summed E-state index contributed by atoms with van der Waals surface area (Å²) in [6.45, 7) is 4.68. The van der Waals surface area contributed by atoms with Crippen LogP contribution in [0, 0.1) is 5.41 Å². The van der Waals surface area contributed by atoms with Crippen LogP contribution in [0.2, 0.25) is 0 Å². The maximum absolute atomic E-state index is 5.06. The first-order valence-corrected chi connectivity index (χ1v) is 10.0. The first-order valence-electron chi connectivity index (χ1n) is 10.0. The highest BCUT2D eigenvalue weighted by Gasteiger charge is 2.39. The molecule has 0 bridgehead atoms. The van der Waals surface area contributed by atoms with Crippen molar-refractivity contribution in [2.75, 3.05) is 45.7 Å². The van der Waals surface area contributed by atoms with Crippen molar-refractivity contribution in [3.8, 4) is 0 Å². The molecular formula is C21H34N4O. The van der Waals surface area contributed by atoms with Crippen molar-refractivity contribution in [2.45, 2.75) is 45.1 Å². The number of nitrogens with one attached hydrogen (secondary N) is 2. The molecule has 1 saturated heterocycles. The lowest BCUT2D eigenvalue weighted by molar-refractivity contribution is 0.203. The number of nitrogens with zero attached hydrogens (tertiary/aromatic N) is 2. The van der Waals surface area contributed by atoms with Gasteiger partial charge in [0.15, 0.2) is 5.96 Å². The van der Waals surface area contributed by atoms with Crippen LogP contribution in [0.25, 0.3) is 0 Å². The molecule has 3 rings (SSSR count). The molecule has 1 aromatic rings. The summed E-state index contributed by atoms with van der Waals surface area (Å²) in [7, 11) is 3.62. The van der Waals surface area contributed by atoms with E-state index >= 15 is 0 Å². The molecule has 2 N–H and O–H groups in total. The van der Waals surface area contributed by atoms with Crippen LogP contribution in [0.15, 0.2) is 29.3 Å². The molecule has 5 nitrogen and oxygen atoms in total. The average Bonchev–Trinajstić information content (AvgIpc) is 3.07. The molecule has 0 amide bonds. The SMILES string of the molecule is CN=C(NCc1ccc(NCCOC)cc1)N1CCC2(CCCCC2)C1. The number of anilines is 1. The van der Waals surface area contributed by atoms with Gasteiger partial charge in [0.1, 0.15) is 0 Å². The van der Waals surface area contributed by atoms with Gasteiger partial charge in [0.25, 0.3) is 0 Å². The third-order valence-corrected chi connectivity index (χ3v) is 5.90. The zero-order valence-corrected chi connectivity index (χ0v) is 16.4. The zero-order valence-electron chi connectivity index (χ0n) is 16.4. The number of aliphatic imine (C=N–C) groups is 1. The van der Waals surface area contributed by atoms with E-state index in [-0.39, 0.29) is 0 Å². The Morgan fingerprint density at radius 3 is 2.62 bits per heavy atom. The summed E-state index contributed by atoms with van der Waals surface area (Å²) >= 11 is 0. The van der Waals surface area contributed by atoms with Crippen molar-refractivity contribution in [3.63, 3.8) is 0 Å². The van der Waals surface area contributed by atoms with Crippen LogP contribution >= 0.6 is 0 Å². The Labute approximate surface area is 158 Å². The van der Waals surface area contributed by atoms with E-state index in [4.69, 9.17) is 4.74 Å². The predicted octanol–water partition coefficient (Wildman–Crippen LogP) is 3.48. The molecule has 1 aromatic carbocycles. The number of benzene rings is 1. The second-order valence-corrected chi connectivity index (χ2v) is 7.75. The summed E-state index contributed by atoms with van der Waals surface area (Å²) in [5, 5.41) is 6.91. The van der Waals surface area contributed by atoms with Crippen LogP contribution in [0.3, 0.4) is 0 Å². The van der Waals surface area contributed by atoms with Crippen molar-refractivity contribution in [3.05, 3.63) is 29.8 Å². The lowest BCUT2D eigenvalue weighted by Gasteiger charge is -2.33. The van der Waals surface area contributed by atoms with E-state index in [9.17, 15) is 0 Å². The highest BCUT2D eigenvalue weighted by Crippen LogP contribution is 2.43. The van der Waals surface area contributed by atoms with Crippen LogP contribution in [-0.4, -0.2) is 51.3 Å². The minimum atomic E-state index is 0.561. The van der Waals surface area contributed by atoms with E-state index in [1.165, 1.54) is 50.6 Å². The van der Waals surface area contributed by atoms with Gasteiger partial charge in [0.05, 0.1) is 6.61 Å². The summed E-state index contributed by atoms with van der Waals surface area (Å²) in [4.78, 5) is 7.00. The maximum Gasteiger partial charge on any atom is 0.193 e. The molecule has 0 aromatic heterocycles. The highest BCUT2D eigenvalue weighted by molar-refractivity contribution is 5.80. The Morgan fingerprint density at radius 2 is 1.92 bits per heavy atom. The van der Waals surface area contributed by atoms with E-state index in [1.807, 2.05) is 7.05 Å². The van der Waals surface area contributed by atoms with Gasteiger partial charge in [-0.25, -0.2) is 0 Å². The van der Waals surface area contributed by atoms with E-state index < -0.39 is 0 Å². The molecule has 1 spiro atoms. The molecule has 0 unspecified atom stereocenters. The summed E-state index contributed by atoms with van der Waals surface area (Å²) < 4.78 is 5.06. The van der Waals surface area contributed by atoms with Gasteiger partial charge >= 0.3 is 0 Å². The van der Waals surface area contributed by atoms with Crippen LogP contribution < -0.4 is 10.6 Å². The molecule has 26 heavy (non-hydrogen) atoms. The molecule has 2 fully saturated rings. The Morgan fingerprint density at radius 1 is 1.15 bits per heavy atom. The first kappa shape index (κ1) is 19.0. The van der Waals surface area contributed by atoms with Crippen molar-refractivity contribution < 1.29 is 4.74 Å². The summed E-state index contributed by atoms with van der Waals surface area (Å²) in [5.74, 6) is 1.05. The number of guanidine groups is 1. The molecule has 2 aliphatic rings. The lowest BCUT2D eigenvalue weighted by Crippen LogP contribution is -2.41. The highest BCUT2D eigenvalue weighted by atomic mass is 16.5. The van der Waals surface area contributed by atoms with Gasteiger partial charge in [0, 0.05) is 46.0 Å². The maximum atomic E-state index is 5.06. The smallest absolute Gasteiger partial charge is 0.193 e. The number of likely N-dealkylation sites (tertiary alicyclic amines) is 1. The van der Waals surface area contributed by atoms with E-state index in [2.05, 4.69) is 44.8 Å². The van der Waals surface area contributed by atoms with Gasteiger partial charge in [-0.05, 0) is 42.4 Å².